The Hall–Kier alpha value is -2.04. The van der Waals surface area contributed by atoms with Crippen LogP contribution < -0.4 is 5.32 Å². The molecule has 2 aromatic carbocycles. The van der Waals surface area contributed by atoms with Crippen LogP contribution in [0.15, 0.2) is 42.5 Å². The summed E-state index contributed by atoms with van der Waals surface area (Å²) in [6, 6.07) is 11.0. The van der Waals surface area contributed by atoms with Gasteiger partial charge in [0.2, 0.25) is 0 Å². The number of hydrogen-bond acceptors (Lipinski definition) is 3. The maximum atomic E-state index is 12.0. The van der Waals surface area contributed by atoms with E-state index < -0.39 is 12.0 Å². The second-order valence-corrected chi connectivity index (χ2v) is 4.82. The van der Waals surface area contributed by atoms with Gasteiger partial charge in [-0.2, -0.15) is 0 Å². The average molecular weight is 292 g/mol. The lowest BCUT2D eigenvalue weighted by Crippen LogP contribution is -2.12. The molecule has 0 saturated heterocycles. The topological polar surface area (TPSA) is 69.6 Å². The zero-order chi connectivity index (χ0) is 14.7. The van der Waals surface area contributed by atoms with Crippen molar-refractivity contribution in [3.63, 3.8) is 0 Å². The lowest BCUT2D eigenvalue weighted by molar-refractivity contribution is 0.102. The van der Waals surface area contributed by atoms with Crippen molar-refractivity contribution < 1.29 is 15.0 Å². The maximum absolute atomic E-state index is 12.0. The Labute approximate surface area is 121 Å². The Morgan fingerprint density at radius 2 is 1.85 bits per heavy atom. The van der Waals surface area contributed by atoms with Crippen LogP contribution in [-0.2, 0) is 0 Å². The molecule has 20 heavy (non-hydrogen) atoms. The molecule has 5 heteroatoms. The van der Waals surface area contributed by atoms with E-state index in [9.17, 15) is 15.0 Å². The molecule has 0 spiro atoms. The van der Waals surface area contributed by atoms with E-state index in [-0.39, 0.29) is 16.3 Å². The van der Waals surface area contributed by atoms with Gasteiger partial charge in [-0.15, -0.1) is 0 Å². The third kappa shape index (κ3) is 3.29. The summed E-state index contributed by atoms with van der Waals surface area (Å²) in [6.07, 6.45) is -0.555. The Balaban J connectivity index is 2.17. The highest BCUT2D eigenvalue weighted by atomic mass is 35.5. The van der Waals surface area contributed by atoms with E-state index in [4.69, 9.17) is 11.6 Å². The number of phenols is 1. The summed E-state index contributed by atoms with van der Waals surface area (Å²) in [7, 11) is 0. The number of aliphatic hydroxyl groups is 1. The van der Waals surface area contributed by atoms with Gasteiger partial charge in [0.15, 0.2) is 0 Å². The van der Waals surface area contributed by atoms with Crippen molar-refractivity contribution in [1.29, 1.82) is 0 Å². The van der Waals surface area contributed by atoms with E-state index in [1.165, 1.54) is 18.2 Å². The van der Waals surface area contributed by atoms with Gasteiger partial charge in [-0.05, 0) is 42.8 Å². The molecule has 0 heterocycles. The number of aromatic hydroxyl groups is 1. The third-order valence-electron chi connectivity index (χ3n) is 2.85. The summed E-state index contributed by atoms with van der Waals surface area (Å²) >= 11 is 5.92. The van der Waals surface area contributed by atoms with Gasteiger partial charge in [0.25, 0.3) is 5.91 Å². The van der Waals surface area contributed by atoms with Crippen molar-refractivity contribution in [3.8, 4) is 5.75 Å². The van der Waals surface area contributed by atoms with Crippen LogP contribution in [0.3, 0.4) is 0 Å². The standard InChI is InChI=1S/C15H14ClNO3/c1-9(18)10-2-4-11(5-3-10)17-15(20)13-8-12(19)6-7-14(13)16/h2-9,18-19H,1H3,(H,17,20). The molecule has 4 nitrogen and oxygen atoms in total. The van der Waals surface area contributed by atoms with Crippen molar-refractivity contribution in [1.82, 2.24) is 0 Å². The quantitative estimate of drug-likeness (QED) is 0.812. The molecule has 104 valence electrons. The first kappa shape index (κ1) is 14.4. The molecule has 1 amide bonds. The van der Waals surface area contributed by atoms with Crippen molar-refractivity contribution in [2.45, 2.75) is 13.0 Å². The van der Waals surface area contributed by atoms with E-state index in [2.05, 4.69) is 5.32 Å². The van der Waals surface area contributed by atoms with Crippen LogP contribution in [0.5, 0.6) is 5.75 Å². The van der Waals surface area contributed by atoms with E-state index in [0.29, 0.717) is 5.69 Å². The van der Waals surface area contributed by atoms with E-state index in [0.717, 1.165) is 5.56 Å². The molecule has 1 unspecified atom stereocenters. The summed E-state index contributed by atoms with van der Waals surface area (Å²) < 4.78 is 0. The van der Waals surface area contributed by atoms with Gasteiger partial charge in [0.05, 0.1) is 16.7 Å². The Bertz CT molecular complexity index is 624. The van der Waals surface area contributed by atoms with Crippen LogP contribution >= 0.6 is 11.6 Å². The lowest BCUT2D eigenvalue weighted by atomic mass is 10.1. The molecular formula is C15H14ClNO3. The zero-order valence-corrected chi connectivity index (χ0v) is 11.6. The van der Waals surface area contributed by atoms with Crippen LogP contribution in [-0.4, -0.2) is 16.1 Å². The highest BCUT2D eigenvalue weighted by molar-refractivity contribution is 6.34. The predicted octanol–water partition coefficient (Wildman–Crippen LogP) is 3.35. The monoisotopic (exact) mass is 291 g/mol. The van der Waals surface area contributed by atoms with Crippen LogP contribution in [0, 0.1) is 0 Å². The number of nitrogens with one attached hydrogen (secondary N) is 1. The Morgan fingerprint density at radius 1 is 1.20 bits per heavy atom. The van der Waals surface area contributed by atoms with Gasteiger partial charge in [0, 0.05) is 5.69 Å². The molecule has 2 aromatic rings. The minimum absolute atomic E-state index is 0.0241. The molecule has 0 bridgehead atoms. The minimum Gasteiger partial charge on any atom is -0.508 e. The number of carbonyl (C=O) groups excluding carboxylic acids is 1. The number of amides is 1. The van der Waals surface area contributed by atoms with Crippen molar-refractivity contribution in [3.05, 3.63) is 58.6 Å². The molecule has 0 saturated carbocycles. The molecule has 0 fully saturated rings. The normalized spacial score (nSPS) is 11.9. The van der Waals surface area contributed by atoms with E-state index >= 15 is 0 Å². The van der Waals surface area contributed by atoms with E-state index in [1.807, 2.05) is 0 Å². The highest BCUT2D eigenvalue weighted by Gasteiger charge is 2.11. The van der Waals surface area contributed by atoms with Crippen LogP contribution in [0.25, 0.3) is 0 Å². The summed E-state index contributed by atoms with van der Waals surface area (Å²) in [5, 5.41) is 21.7. The third-order valence-corrected chi connectivity index (χ3v) is 3.18. The predicted molar refractivity (Wildman–Crippen MR) is 78.1 cm³/mol. The van der Waals surface area contributed by atoms with Crippen LogP contribution in [0.4, 0.5) is 5.69 Å². The van der Waals surface area contributed by atoms with Gasteiger partial charge in [-0.25, -0.2) is 0 Å². The molecular weight excluding hydrogens is 278 g/mol. The van der Waals surface area contributed by atoms with Gasteiger partial charge in [-0.1, -0.05) is 23.7 Å². The number of halogens is 1. The van der Waals surface area contributed by atoms with Gasteiger partial charge in [0.1, 0.15) is 5.75 Å². The number of aliphatic hydroxyl groups excluding tert-OH is 1. The first-order valence-corrected chi connectivity index (χ1v) is 6.43. The molecule has 0 radical (unpaired) electrons. The molecule has 0 aromatic heterocycles. The fraction of sp³-hybridized carbons (Fsp3) is 0.133. The van der Waals surface area contributed by atoms with Crippen molar-refractivity contribution >= 4 is 23.2 Å². The second kappa shape index (κ2) is 5.94. The Kier molecular flexibility index (Phi) is 4.27. The first-order chi connectivity index (χ1) is 9.47. The average Bonchev–Trinajstić information content (AvgIpc) is 2.42. The molecule has 1 atom stereocenters. The van der Waals surface area contributed by atoms with Crippen molar-refractivity contribution in [2.24, 2.45) is 0 Å². The zero-order valence-electron chi connectivity index (χ0n) is 10.8. The molecule has 0 aliphatic heterocycles. The SMILES string of the molecule is CC(O)c1ccc(NC(=O)c2cc(O)ccc2Cl)cc1. The molecule has 2 rings (SSSR count). The minimum atomic E-state index is -0.555. The van der Waals surface area contributed by atoms with Crippen LogP contribution in [0.2, 0.25) is 5.02 Å². The Morgan fingerprint density at radius 3 is 2.45 bits per heavy atom. The van der Waals surface area contributed by atoms with Crippen LogP contribution in [0.1, 0.15) is 28.9 Å². The fourth-order valence-electron chi connectivity index (χ4n) is 1.73. The number of anilines is 1. The molecule has 0 aliphatic rings. The highest BCUT2D eigenvalue weighted by Crippen LogP contribution is 2.23. The van der Waals surface area contributed by atoms with E-state index in [1.54, 1.807) is 31.2 Å². The molecule has 0 aliphatic carbocycles. The maximum Gasteiger partial charge on any atom is 0.257 e. The largest absolute Gasteiger partial charge is 0.508 e. The second-order valence-electron chi connectivity index (χ2n) is 4.42. The number of hydrogen-bond donors (Lipinski definition) is 3. The lowest BCUT2D eigenvalue weighted by Gasteiger charge is -2.09. The number of carbonyl (C=O) groups is 1. The summed E-state index contributed by atoms with van der Waals surface area (Å²) in [5.41, 5.74) is 1.54. The van der Waals surface area contributed by atoms with Gasteiger partial charge >= 0.3 is 0 Å². The van der Waals surface area contributed by atoms with Gasteiger partial charge < -0.3 is 15.5 Å². The first-order valence-electron chi connectivity index (χ1n) is 6.05. The number of rotatable bonds is 3. The number of phenolic OH excluding ortho intramolecular Hbond substituents is 1. The smallest absolute Gasteiger partial charge is 0.257 e. The van der Waals surface area contributed by atoms with Gasteiger partial charge in [-0.3, -0.25) is 4.79 Å². The summed E-state index contributed by atoms with van der Waals surface area (Å²) in [6.45, 7) is 1.67. The summed E-state index contributed by atoms with van der Waals surface area (Å²) in [5.74, 6) is -0.431. The van der Waals surface area contributed by atoms with Crippen molar-refractivity contribution in [2.75, 3.05) is 5.32 Å². The molecule has 3 N–H and O–H groups in total. The fourth-order valence-corrected chi connectivity index (χ4v) is 1.93. The summed E-state index contributed by atoms with van der Waals surface area (Å²) in [4.78, 5) is 12.0. The number of benzene rings is 2.